The smallest absolute Gasteiger partial charge is 0.333 e. The monoisotopic (exact) mass is 192 g/mol. The van der Waals surface area contributed by atoms with Crippen LogP contribution < -0.4 is 10.8 Å². The van der Waals surface area contributed by atoms with Gasteiger partial charge in [-0.25, -0.2) is 10.3 Å². The van der Waals surface area contributed by atoms with E-state index in [0.717, 1.165) is 6.42 Å². The summed E-state index contributed by atoms with van der Waals surface area (Å²) in [6.07, 6.45) is 0.942. The lowest BCUT2D eigenvalue weighted by Crippen LogP contribution is -2.35. The van der Waals surface area contributed by atoms with Crippen molar-refractivity contribution in [3.8, 4) is 0 Å². The molecule has 1 fully saturated rings. The van der Waals surface area contributed by atoms with E-state index in [0.29, 0.717) is 5.92 Å². The number of carbonyl (C=O) groups is 1. The van der Waals surface area contributed by atoms with Crippen LogP contribution in [0.25, 0.3) is 0 Å². The summed E-state index contributed by atoms with van der Waals surface area (Å²) in [5.74, 6) is 0.397. The number of hydrogen-bond acceptors (Lipinski definition) is 2. The van der Waals surface area contributed by atoms with Crippen molar-refractivity contribution in [2.24, 2.45) is 0 Å². The number of rotatable bonds is 2. The van der Waals surface area contributed by atoms with E-state index in [1.807, 2.05) is 30.3 Å². The van der Waals surface area contributed by atoms with Crippen molar-refractivity contribution in [1.82, 2.24) is 10.8 Å². The fraction of sp³-hybridized carbons (Fsp3) is 0.300. The van der Waals surface area contributed by atoms with Gasteiger partial charge in [-0.1, -0.05) is 30.3 Å². The van der Waals surface area contributed by atoms with Crippen molar-refractivity contribution < 1.29 is 10.0 Å². The van der Waals surface area contributed by atoms with E-state index in [4.69, 9.17) is 5.21 Å². The van der Waals surface area contributed by atoms with E-state index in [9.17, 15) is 4.79 Å². The Morgan fingerprint density at radius 3 is 2.71 bits per heavy atom. The third-order valence-corrected chi connectivity index (χ3v) is 2.44. The molecule has 74 valence electrons. The molecule has 0 bridgehead atoms. The topological polar surface area (TPSA) is 61.4 Å². The second-order valence-electron chi connectivity index (χ2n) is 3.44. The Kier molecular flexibility index (Phi) is 2.37. The highest BCUT2D eigenvalue weighted by atomic mass is 16.5. The summed E-state index contributed by atoms with van der Waals surface area (Å²) in [6.45, 7) is 0. The Labute approximate surface area is 81.9 Å². The van der Waals surface area contributed by atoms with Crippen LogP contribution in [0, 0.1) is 0 Å². The summed E-state index contributed by atoms with van der Waals surface area (Å²) in [4.78, 5) is 10.8. The first kappa shape index (κ1) is 9.02. The van der Waals surface area contributed by atoms with E-state index >= 15 is 0 Å². The molecule has 4 heteroatoms. The molecular formula is C10H12N2O2. The molecule has 0 saturated heterocycles. The first-order valence-corrected chi connectivity index (χ1v) is 4.57. The fourth-order valence-electron chi connectivity index (χ4n) is 1.62. The quantitative estimate of drug-likeness (QED) is 0.487. The number of benzene rings is 1. The highest BCUT2D eigenvalue weighted by Gasteiger charge is 2.39. The Balaban J connectivity index is 1.91. The van der Waals surface area contributed by atoms with Gasteiger partial charge in [0.1, 0.15) is 0 Å². The van der Waals surface area contributed by atoms with Crippen molar-refractivity contribution in [1.29, 1.82) is 0 Å². The van der Waals surface area contributed by atoms with Crippen LogP contribution in [-0.4, -0.2) is 17.3 Å². The van der Waals surface area contributed by atoms with Crippen LogP contribution in [-0.2, 0) is 0 Å². The van der Waals surface area contributed by atoms with Gasteiger partial charge in [-0.05, 0) is 12.0 Å². The molecule has 2 amide bonds. The van der Waals surface area contributed by atoms with E-state index in [1.165, 1.54) is 5.56 Å². The van der Waals surface area contributed by atoms with Crippen molar-refractivity contribution >= 4 is 6.03 Å². The molecule has 2 unspecified atom stereocenters. The lowest BCUT2D eigenvalue weighted by Gasteiger charge is -2.02. The number of carbonyl (C=O) groups excluding carboxylic acids is 1. The van der Waals surface area contributed by atoms with Crippen molar-refractivity contribution in [2.75, 3.05) is 0 Å². The van der Waals surface area contributed by atoms with E-state index in [2.05, 4.69) is 5.32 Å². The average Bonchev–Trinajstić information content (AvgIpc) is 2.98. The maximum atomic E-state index is 10.8. The molecule has 4 nitrogen and oxygen atoms in total. The molecule has 2 rings (SSSR count). The van der Waals surface area contributed by atoms with Crippen molar-refractivity contribution in [2.45, 2.75) is 18.4 Å². The molecule has 0 radical (unpaired) electrons. The van der Waals surface area contributed by atoms with E-state index in [-0.39, 0.29) is 6.04 Å². The summed E-state index contributed by atoms with van der Waals surface area (Å²) in [5.41, 5.74) is 2.79. The predicted molar refractivity (Wildman–Crippen MR) is 51.0 cm³/mol. The third kappa shape index (κ3) is 1.85. The van der Waals surface area contributed by atoms with Crippen LogP contribution in [0.2, 0.25) is 0 Å². The predicted octanol–water partition coefficient (Wildman–Crippen LogP) is 1.23. The molecule has 0 heterocycles. The van der Waals surface area contributed by atoms with Gasteiger partial charge in [-0.3, -0.25) is 5.21 Å². The summed E-state index contributed by atoms with van der Waals surface area (Å²) in [6, 6.07) is 9.65. The zero-order valence-electron chi connectivity index (χ0n) is 7.60. The number of hydroxylamine groups is 1. The Morgan fingerprint density at radius 1 is 1.36 bits per heavy atom. The van der Waals surface area contributed by atoms with Gasteiger partial charge >= 0.3 is 6.03 Å². The van der Waals surface area contributed by atoms with Crippen LogP contribution in [0.5, 0.6) is 0 Å². The van der Waals surface area contributed by atoms with Crippen LogP contribution in [0.15, 0.2) is 30.3 Å². The van der Waals surface area contributed by atoms with Crippen LogP contribution >= 0.6 is 0 Å². The normalized spacial score (nSPS) is 24.1. The molecule has 1 aromatic carbocycles. The van der Waals surface area contributed by atoms with Gasteiger partial charge in [0, 0.05) is 12.0 Å². The molecule has 1 aliphatic rings. The lowest BCUT2D eigenvalue weighted by atomic mass is 10.1. The van der Waals surface area contributed by atoms with Gasteiger partial charge in [0.05, 0.1) is 0 Å². The van der Waals surface area contributed by atoms with Crippen LogP contribution in [0.1, 0.15) is 17.9 Å². The molecular weight excluding hydrogens is 180 g/mol. The van der Waals surface area contributed by atoms with Gasteiger partial charge in [0.25, 0.3) is 0 Å². The number of hydrogen-bond donors (Lipinski definition) is 3. The first-order chi connectivity index (χ1) is 6.81. The second-order valence-corrected chi connectivity index (χ2v) is 3.44. The average molecular weight is 192 g/mol. The molecule has 1 saturated carbocycles. The maximum absolute atomic E-state index is 10.8. The highest BCUT2D eigenvalue weighted by Crippen LogP contribution is 2.40. The zero-order chi connectivity index (χ0) is 9.97. The molecule has 14 heavy (non-hydrogen) atoms. The van der Waals surface area contributed by atoms with Crippen LogP contribution in [0.4, 0.5) is 4.79 Å². The molecule has 2 atom stereocenters. The molecule has 3 N–H and O–H groups in total. The van der Waals surface area contributed by atoms with Gasteiger partial charge in [0.2, 0.25) is 0 Å². The van der Waals surface area contributed by atoms with Crippen molar-refractivity contribution in [3.63, 3.8) is 0 Å². The third-order valence-electron chi connectivity index (χ3n) is 2.44. The fourth-order valence-corrected chi connectivity index (χ4v) is 1.62. The summed E-state index contributed by atoms with van der Waals surface area (Å²) < 4.78 is 0. The summed E-state index contributed by atoms with van der Waals surface area (Å²) in [5, 5.41) is 11.0. The largest absolute Gasteiger partial charge is 0.338 e. The number of urea groups is 1. The highest BCUT2D eigenvalue weighted by molar-refractivity contribution is 5.73. The van der Waals surface area contributed by atoms with E-state index < -0.39 is 6.03 Å². The Morgan fingerprint density at radius 2 is 2.07 bits per heavy atom. The van der Waals surface area contributed by atoms with Gasteiger partial charge in [-0.15, -0.1) is 0 Å². The van der Waals surface area contributed by atoms with Crippen LogP contribution in [0.3, 0.4) is 0 Å². The Hall–Kier alpha value is -1.55. The second kappa shape index (κ2) is 3.67. The molecule has 0 aliphatic heterocycles. The minimum atomic E-state index is -0.534. The van der Waals surface area contributed by atoms with Crippen molar-refractivity contribution in [3.05, 3.63) is 35.9 Å². The minimum absolute atomic E-state index is 0.157. The molecule has 0 spiro atoms. The molecule has 1 aliphatic carbocycles. The van der Waals surface area contributed by atoms with E-state index in [1.54, 1.807) is 5.48 Å². The standard InChI is InChI=1S/C10H12N2O2/c13-10(12-14)11-9-6-8(9)7-4-2-1-3-5-7/h1-5,8-9,14H,6H2,(H2,11,12,13). The minimum Gasteiger partial charge on any atom is -0.333 e. The summed E-state index contributed by atoms with van der Waals surface area (Å²) >= 11 is 0. The Bertz CT molecular complexity index is 326. The zero-order valence-corrected chi connectivity index (χ0v) is 7.60. The molecule has 0 aromatic heterocycles. The van der Waals surface area contributed by atoms with Gasteiger partial charge in [0.15, 0.2) is 0 Å². The lowest BCUT2D eigenvalue weighted by molar-refractivity contribution is 0.161. The SMILES string of the molecule is O=C(NO)NC1CC1c1ccccc1. The van der Waals surface area contributed by atoms with Gasteiger partial charge in [-0.2, -0.15) is 0 Å². The number of nitrogens with one attached hydrogen (secondary N) is 2. The van der Waals surface area contributed by atoms with Gasteiger partial charge < -0.3 is 5.32 Å². The number of amides is 2. The summed E-state index contributed by atoms with van der Waals surface area (Å²) in [7, 11) is 0. The molecule has 1 aromatic rings. The first-order valence-electron chi connectivity index (χ1n) is 4.57. The maximum Gasteiger partial charge on any atom is 0.338 e.